The van der Waals surface area contributed by atoms with Crippen LogP contribution in [0.5, 0.6) is 5.75 Å². The second kappa shape index (κ2) is 13.6. The van der Waals surface area contributed by atoms with Crippen molar-refractivity contribution in [2.45, 2.75) is 33.4 Å². The summed E-state index contributed by atoms with van der Waals surface area (Å²) in [5.41, 5.74) is 0. The number of likely N-dealkylation sites (N-methyl/N-ethyl adjacent to an activating group) is 1. The van der Waals surface area contributed by atoms with Crippen LogP contribution in [0.4, 0.5) is 0 Å². The van der Waals surface area contributed by atoms with E-state index in [-0.39, 0.29) is 36.6 Å². The van der Waals surface area contributed by atoms with Crippen molar-refractivity contribution >= 4 is 41.5 Å². The molecule has 8 nitrogen and oxygen atoms in total. The summed E-state index contributed by atoms with van der Waals surface area (Å²) in [5.74, 6) is 2.44. The zero-order valence-electron chi connectivity index (χ0n) is 17.2. The summed E-state index contributed by atoms with van der Waals surface area (Å²) < 4.78 is 16.5. The molecule has 0 saturated carbocycles. The van der Waals surface area contributed by atoms with E-state index in [2.05, 4.69) is 20.4 Å². The number of nitrogens with zero attached hydrogens (tertiary/aromatic N) is 4. The Labute approximate surface area is 194 Å². The first-order valence-corrected chi connectivity index (χ1v) is 9.73. The summed E-state index contributed by atoms with van der Waals surface area (Å²) in [4.78, 5) is 10.9. The molecule has 0 amide bonds. The minimum absolute atomic E-state index is 0. The van der Waals surface area contributed by atoms with Crippen LogP contribution < -0.4 is 10.1 Å². The fourth-order valence-electron chi connectivity index (χ4n) is 2.40. The first kappa shape index (κ1) is 25.4. The molecule has 162 valence electrons. The molecule has 0 radical (unpaired) electrons. The van der Waals surface area contributed by atoms with E-state index in [0.29, 0.717) is 36.5 Å². The molecule has 0 fully saturated rings. The predicted molar refractivity (Wildman–Crippen MR) is 124 cm³/mol. The molecule has 29 heavy (non-hydrogen) atoms. The molecule has 0 bridgehead atoms. The van der Waals surface area contributed by atoms with E-state index in [0.717, 1.165) is 18.3 Å². The van der Waals surface area contributed by atoms with Gasteiger partial charge in [-0.3, -0.25) is 0 Å². The Morgan fingerprint density at radius 2 is 2.17 bits per heavy atom. The van der Waals surface area contributed by atoms with E-state index in [1.165, 1.54) is 0 Å². The Morgan fingerprint density at radius 1 is 1.38 bits per heavy atom. The quantitative estimate of drug-likeness (QED) is 0.279. The van der Waals surface area contributed by atoms with E-state index in [9.17, 15) is 0 Å². The highest BCUT2D eigenvalue weighted by Crippen LogP contribution is 2.17. The SMILES string of the molecule is CCNC(=NCc1nc(C(C)OCC)no1)N(C)CCOc1cccc(Cl)c1.I. The molecule has 1 heterocycles. The van der Waals surface area contributed by atoms with Gasteiger partial charge in [-0.1, -0.05) is 22.8 Å². The summed E-state index contributed by atoms with van der Waals surface area (Å²) >= 11 is 5.97. The number of hydrogen-bond acceptors (Lipinski definition) is 6. The number of rotatable bonds is 10. The van der Waals surface area contributed by atoms with Gasteiger partial charge in [-0.05, 0) is 39.0 Å². The molecule has 1 unspecified atom stereocenters. The van der Waals surface area contributed by atoms with E-state index in [1.807, 2.05) is 50.9 Å². The van der Waals surface area contributed by atoms with E-state index >= 15 is 0 Å². The van der Waals surface area contributed by atoms with E-state index in [1.54, 1.807) is 6.07 Å². The van der Waals surface area contributed by atoms with Gasteiger partial charge in [-0.15, -0.1) is 24.0 Å². The van der Waals surface area contributed by atoms with Gasteiger partial charge < -0.3 is 24.2 Å². The third-order valence-corrected chi connectivity index (χ3v) is 4.05. The monoisotopic (exact) mass is 537 g/mol. The van der Waals surface area contributed by atoms with Crippen LogP contribution in [0, 0.1) is 0 Å². The summed E-state index contributed by atoms with van der Waals surface area (Å²) in [7, 11) is 1.94. The molecule has 1 N–H and O–H groups in total. The number of nitrogens with one attached hydrogen (secondary N) is 1. The van der Waals surface area contributed by atoms with Gasteiger partial charge in [-0.2, -0.15) is 4.98 Å². The Morgan fingerprint density at radius 3 is 2.86 bits per heavy atom. The highest BCUT2D eigenvalue weighted by Gasteiger charge is 2.14. The fraction of sp³-hybridized carbons (Fsp3) is 0.526. The first-order valence-electron chi connectivity index (χ1n) is 9.35. The lowest BCUT2D eigenvalue weighted by molar-refractivity contribution is 0.0683. The third kappa shape index (κ3) is 8.75. The minimum atomic E-state index is -0.203. The Balaban J connectivity index is 0.00000420. The molecule has 1 atom stereocenters. The molecule has 1 aromatic heterocycles. The molecule has 0 aliphatic rings. The number of hydrogen-bond donors (Lipinski definition) is 1. The standard InChI is InChI=1S/C19H28ClN5O3.HI/c1-5-21-19(22-13-17-23-18(24-28-17)14(3)26-6-2)25(4)10-11-27-16-9-7-8-15(20)12-16;/h7-9,12,14H,5-6,10-11,13H2,1-4H3,(H,21,22);1H. The molecule has 2 rings (SSSR count). The van der Waals surface area contributed by atoms with Crippen LogP contribution in [-0.4, -0.2) is 54.4 Å². The van der Waals surface area contributed by atoms with Gasteiger partial charge in [0.2, 0.25) is 5.89 Å². The normalized spacial score (nSPS) is 12.2. The smallest absolute Gasteiger partial charge is 0.248 e. The Hall–Kier alpha value is -1.59. The average Bonchev–Trinajstić information content (AvgIpc) is 3.14. The largest absolute Gasteiger partial charge is 0.492 e. The van der Waals surface area contributed by atoms with Gasteiger partial charge >= 0.3 is 0 Å². The summed E-state index contributed by atoms with van der Waals surface area (Å²) in [5, 5.41) is 7.84. The summed E-state index contributed by atoms with van der Waals surface area (Å²) in [6.07, 6.45) is -0.203. The van der Waals surface area contributed by atoms with Crippen LogP contribution in [0.15, 0.2) is 33.8 Å². The predicted octanol–water partition coefficient (Wildman–Crippen LogP) is 3.91. The van der Waals surface area contributed by atoms with Crippen LogP contribution in [0.3, 0.4) is 0 Å². The Kier molecular flexibility index (Phi) is 11.9. The maximum absolute atomic E-state index is 5.97. The second-order valence-corrected chi connectivity index (χ2v) is 6.48. The average molecular weight is 538 g/mol. The topological polar surface area (TPSA) is 85.0 Å². The minimum Gasteiger partial charge on any atom is -0.492 e. The number of benzene rings is 1. The number of aromatic nitrogens is 2. The fourth-order valence-corrected chi connectivity index (χ4v) is 2.58. The van der Waals surface area contributed by atoms with Crippen molar-refractivity contribution in [1.29, 1.82) is 0 Å². The summed E-state index contributed by atoms with van der Waals surface area (Å²) in [6.45, 7) is 8.60. The molecule has 0 aliphatic carbocycles. The lowest BCUT2D eigenvalue weighted by atomic mass is 10.3. The van der Waals surface area contributed by atoms with Gasteiger partial charge in [0, 0.05) is 25.2 Å². The first-order chi connectivity index (χ1) is 13.5. The molecule has 0 saturated heterocycles. The molecule has 0 spiro atoms. The molecule has 1 aromatic carbocycles. The lowest BCUT2D eigenvalue weighted by Gasteiger charge is -2.22. The van der Waals surface area contributed by atoms with Gasteiger partial charge in [0.15, 0.2) is 11.8 Å². The van der Waals surface area contributed by atoms with Crippen molar-refractivity contribution in [2.75, 3.05) is 33.4 Å². The number of aliphatic imine (C=N–C) groups is 1. The van der Waals surface area contributed by atoms with Gasteiger partial charge in [-0.25, -0.2) is 4.99 Å². The van der Waals surface area contributed by atoms with Gasteiger partial charge in [0.25, 0.3) is 0 Å². The van der Waals surface area contributed by atoms with Crippen LogP contribution in [0.25, 0.3) is 0 Å². The zero-order valence-corrected chi connectivity index (χ0v) is 20.3. The van der Waals surface area contributed by atoms with Crippen molar-refractivity contribution in [1.82, 2.24) is 20.4 Å². The zero-order chi connectivity index (χ0) is 20.4. The maximum atomic E-state index is 5.97. The van der Waals surface area contributed by atoms with Gasteiger partial charge in [0.1, 0.15) is 25.0 Å². The number of halogens is 2. The van der Waals surface area contributed by atoms with E-state index < -0.39 is 0 Å². The molecule has 2 aromatic rings. The van der Waals surface area contributed by atoms with Crippen LogP contribution >= 0.6 is 35.6 Å². The Bertz CT molecular complexity index is 759. The van der Waals surface area contributed by atoms with Crippen molar-refractivity contribution in [3.8, 4) is 5.75 Å². The van der Waals surface area contributed by atoms with E-state index in [4.69, 9.17) is 25.6 Å². The number of ether oxygens (including phenoxy) is 2. The molecular formula is C19H29ClIN5O3. The number of guanidine groups is 1. The highest BCUT2D eigenvalue weighted by atomic mass is 127. The third-order valence-electron chi connectivity index (χ3n) is 3.82. The van der Waals surface area contributed by atoms with Crippen LogP contribution in [0.2, 0.25) is 5.02 Å². The van der Waals surface area contributed by atoms with Crippen LogP contribution in [0.1, 0.15) is 38.6 Å². The van der Waals surface area contributed by atoms with Crippen molar-refractivity contribution in [3.63, 3.8) is 0 Å². The lowest BCUT2D eigenvalue weighted by Crippen LogP contribution is -2.40. The van der Waals surface area contributed by atoms with Gasteiger partial charge in [0.05, 0.1) is 6.54 Å². The molecule has 0 aliphatic heterocycles. The summed E-state index contributed by atoms with van der Waals surface area (Å²) in [6, 6.07) is 7.34. The highest BCUT2D eigenvalue weighted by molar-refractivity contribution is 14.0. The van der Waals surface area contributed by atoms with Crippen molar-refractivity contribution in [3.05, 3.63) is 41.0 Å². The molecule has 10 heteroatoms. The second-order valence-electron chi connectivity index (χ2n) is 6.04. The van der Waals surface area contributed by atoms with Crippen molar-refractivity contribution in [2.24, 2.45) is 4.99 Å². The van der Waals surface area contributed by atoms with Crippen molar-refractivity contribution < 1.29 is 14.0 Å². The molecular weight excluding hydrogens is 509 g/mol. The van der Waals surface area contributed by atoms with Crippen LogP contribution in [-0.2, 0) is 11.3 Å². The maximum Gasteiger partial charge on any atom is 0.248 e.